The van der Waals surface area contributed by atoms with Crippen molar-refractivity contribution in [3.63, 3.8) is 0 Å². The highest BCUT2D eigenvalue weighted by atomic mass is 16.8. The number of fused-ring (bicyclic) bond motifs is 1. The molecule has 0 aromatic heterocycles. The Kier molecular flexibility index (Phi) is 8.37. The fourth-order valence-electron chi connectivity index (χ4n) is 5.30. The first-order valence-electron chi connectivity index (χ1n) is 12.1. The zero-order chi connectivity index (χ0) is 27.8. The lowest BCUT2D eigenvalue weighted by Gasteiger charge is -2.43. The predicted molar refractivity (Wildman–Crippen MR) is 126 cm³/mol. The highest BCUT2D eigenvalue weighted by Gasteiger charge is 2.58. The topological polar surface area (TPSA) is 183 Å². The monoisotopic (exact) mass is 542 g/mol. The third-order valence-corrected chi connectivity index (χ3v) is 7.26. The lowest BCUT2D eigenvalue weighted by atomic mass is 9.85. The highest BCUT2D eigenvalue weighted by Crippen LogP contribution is 2.48. The summed E-state index contributed by atoms with van der Waals surface area (Å²) in [6.45, 7) is 0.920. The van der Waals surface area contributed by atoms with E-state index in [9.17, 15) is 30.3 Å². The van der Waals surface area contributed by atoms with Crippen molar-refractivity contribution in [1.82, 2.24) is 0 Å². The summed E-state index contributed by atoms with van der Waals surface area (Å²) < 4.78 is 38.5. The number of carbonyl (C=O) groups excluding carboxylic acids is 1. The standard InChI is InChI=1S/C25H34O13/c1-25(31)9-15(36-22(30)11-7-13(32-2)21(34-4)14(8-11)33-3)12-5-6-35-23(17(12)25)38-24-20(29)19(28)18(27)16(10-26)37-24/h5-8,12,15-20,23-24,26-29,31H,9-10H2,1-4H3/t12-,15-,16-,17-,18-,19+,20-,23+,24+,25+/m1/s1. The Morgan fingerprint density at radius 3 is 2.26 bits per heavy atom. The quantitative estimate of drug-likeness (QED) is 0.261. The molecule has 0 radical (unpaired) electrons. The summed E-state index contributed by atoms with van der Waals surface area (Å²) in [5.41, 5.74) is -1.29. The maximum atomic E-state index is 13.1. The number of methoxy groups -OCH3 is 3. The molecule has 2 fully saturated rings. The Balaban J connectivity index is 1.52. The van der Waals surface area contributed by atoms with Crippen molar-refractivity contribution >= 4 is 5.97 Å². The molecule has 1 aromatic carbocycles. The fraction of sp³-hybridized carbons (Fsp3) is 0.640. The van der Waals surface area contributed by atoms with Crippen molar-refractivity contribution in [2.24, 2.45) is 11.8 Å². The SMILES string of the molecule is COc1cc(C(=O)O[C@@H]2C[C@](C)(O)[C@H]3[C@H](O[C@@H]4O[C@H](CO)[C@@H](O)[C@H](O)[C@H]4O)OC=C[C@@H]32)cc(OC)c1OC. The first kappa shape index (κ1) is 28.4. The molecule has 1 aromatic rings. The number of hydrogen-bond acceptors (Lipinski definition) is 13. The molecule has 5 N–H and O–H groups in total. The minimum Gasteiger partial charge on any atom is -0.493 e. The Morgan fingerprint density at radius 2 is 1.68 bits per heavy atom. The lowest BCUT2D eigenvalue weighted by Crippen LogP contribution is -2.60. The van der Waals surface area contributed by atoms with Crippen LogP contribution >= 0.6 is 0 Å². The van der Waals surface area contributed by atoms with Crippen LogP contribution in [-0.2, 0) is 18.9 Å². The van der Waals surface area contributed by atoms with Crippen LogP contribution in [0.4, 0.5) is 0 Å². The van der Waals surface area contributed by atoms with Crippen molar-refractivity contribution in [2.75, 3.05) is 27.9 Å². The molecule has 10 atom stereocenters. The summed E-state index contributed by atoms with van der Waals surface area (Å²) in [5.74, 6) is -1.13. The number of aliphatic hydroxyl groups excluding tert-OH is 4. The van der Waals surface area contributed by atoms with Crippen LogP contribution in [0.5, 0.6) is 17.2 Å². The van der Waals surface area contributed by atoms with E-state index in [1.807, 2.05) is 0 Å². The molecule has 212 valence electrons. The zero-order valence-corrected chi connectivity index (χ0v) is 21.4. The van der Waals surface area contributed by atoms with E-state index >= 15 is 0 Å². The average molecular weight is 543 g/mol. The van der Waals surface area contributed by atoms with E-state index in [4.69, 9.17) is 33.2 Å². The summed E-state index contributed by atoms with van der Waals surface area (Å²) in [5, 5.41) is 51.2. The largest absolute Gasteiger partial charge is 0.493 e. The van der Waals surface area contributed by atoms with Gasteiger partial charge in [0, 0.05) is 12.3 Å². The van der Waals surface area contributed by atoms with E-state index < -0.39 is 73.1 Å². The van der Waals surface area contributed by atoms with Crippen molar-refractivity contribution in [3.05, 3.63) is 30.0 Å². The molecule has 13 nitrogen and oxygen atoms in total. The Morgan fingerprint density at radius 1 is 1.03 bits per heavy atom. The molecule has 0 spiro atoms. The van der Waals surface area contributed by atoms with Gasteiger partial charge in [-0.15, -0.1) is 0 Å². The number of rotatable bonds is 8. The lowest BCUT2D eigenvalue weighted by molar-refractivity contribution is -0.346. The summed E-state index contributed by atoms with van der Waals surface area (Å²) in [6, 6.07) is 2.91. The molecule has 38 heavy (non-hydrogen) atoms. The number of benzene rings is 1. The van der Waals surface area contributed by atoms with E-state index in [1.54, 1.807) is 13.0 Å². The zero-order valence-electron chi connectivity index (χ0n) is 21.4. The van der Waals surface area contributed by atoms with Crippen LogP contribution in [0, 0.1) is 11.8 Å². The summed E-state index contributed by atoms with van der Waals surface area (Å²) in [7, 11) is 4.29. The van der Waals surface area contributed by atoms with E-state index in [0.29, 0.717) is 5.75 Å². The molecule has 2 aliphatic heterocycles. The number of aliphatic hydroxyl groups is 5. The van der Waals surface area contributed by atoms with Crippen LogP contribution in [0.3, 0.4) is 0 Å². The molecule has 0 amide bonds. The minimum atomic E-state index is -1.65. The van der Waals surface area contributed by atoms with Gasteiger partial charge in [-0.05, 0) is 25.1 Å². The van der Waals surface area contributed by atoms with Gasteiger partial charge < -0.3 is 58.7 Å². The van der Waals surface area contributed by atoms with Gasteiger partial charge in [-0.2, -0.15) is 0 Å². The van der Waals surface area contributed by atoms with Crippen LogP contribution in [0.25, 0.3) is 0 Å². The fourth-order valence-corrected chi connectivity index (χ4v) is 5.30. The van der Waals surface area contributed by atoms with Gasteiger partial charge in [-0.1, -0.05) is 0 Å². The highest BCUT2D eigenvalue weighted by molar-refractivity contribution is 5.91. The molecular weight excluding hydrogens is 508 g/mol. The second-order valence-corrected chi connectivity index (χ2v) is 9.69. The molecular formula is C25H34O13. The first-order chi connectivity index (χ1) is 18.1. The van der Waals surface area contributed by atoms with Crippen LogP contribution in [0.2, 0.25) is 0 Å². The molecule has 1 saturated carbocycles. The van der Waals surface area contributed by atoms with Crippen molar-refractivity contribution < 1.29 is 63.5 Å². The first-order valence-corrected chi connectivity index (χ1v) is 12.1. The average Bonchev–Trinajstić information content (AvgIpc) is 3.17. The summed E-state index contributed by atoms with van der Waals surface area (Å²) in [4.78, 5) is 13.1. The van der Waals surface area contributed by atoms with Crippen molar-refractivity contribution in [3.8, 4) is 17.2 Å². The maximum Gasteiger partial charge on any atom is 0.338 e. The Hall–Kier alpha value is -2.65. The molecule has 4 rings (SSSR count). The normalized spacial score (nSPS) is 38.2. The second-order valence-electron chi connectivity index (χ2n) is 9.69. The third kappa shape index (κ3) is 5.15. The van der Waals surface area contributed by atoms with Crippen LogP contribution < -0.4 is 14.2 Å². The van der Waals surface area contributed by atoms with Gasteiger partial charge in [-0.3, -0.25) is 0 Å². The minimum absolute atomic E-state index is 0.0424. The van der Waals surface area contributed by atoms with Gasteiger partial charge in [0.15, 0.2) is 17.8 Å². The van der Waals surface area contributed by atoms with Crippen molar-refractivity contribution in [1.29, 1.82) is 0 Å². The number of ether oxygens (including phenoxy) is 7. The number of hydrogen-bond donors (Lipinski definition) is 5. The number of carbonyl (C=O) groups is 1. The molecule has 0 unspecified atom stereocenters. The molecule has 1 saturated heterocycles. The van der Waals surface area contributed by atoms with Gasteiger partial charge in [-0.25, -0.2) is 4.79 Å². The van der Waals surface area contributed by atoms with E-state index in [0.717, 1.165) is 0 Å². The van der Waals surface area contributed by atoms with Gasteiger partial charge >= 0.3 is 5.97 Å². The van der Waals surface area contributed by atoms with Gasteiger partial charge in [0.2, 0.25) is 12.0 Å². The molecule has 3 aliphatic rings. The molecule has 13 heteroatoms. The maximum absolute atomic E-state index is 13.1. The smallest absolute Gasteiger partial charge is 0.338 e. The van der Waals surface area contributed by atoms with E-state index in [2.05, 4.69) is 0 Å². The number of esters is 1. The van der Waals surface area contributed by atoms with Gasteiger partial charge in [0.05, 0.1) is 51.3 Å². The molecule has 0 bridgehead atoms. The second kappa shape index (κ2) is 11.2. The third-order valence-electron chi connectivity index (χ3n) is 7.26. The Labute approximate surface area is 219 Å². The van der Waals surface area contributed by atoms with Crippen LogP contribution in [-0.4, -0.2) is 108 Å². The summed E-state index contributed by atoms with van der Waals surface area (Å²) in [6.07, 6.45) is -6.43. The molecule has 2 heterocycles. The van der Waals surface area contributed by atoms with Gasteiger partial charge in [0.25, 0.3) is 0 Å². The summed E-state index contributed by atoms with van der Waals surface area (Å²) >= 11 is 0. The Bertz CT molecular complexity index is 1000. The van der Waals surface area contributed by atoms with Crippen LogP contribution in [0.15, 0.2) is 24.5 Å². The van der Waals surface area contributed by atoms with Crippen LogP contribution in [0.1, 0.15) is 23.7 Å². The van der Waals surface area contributed by atoms with E-state index in [-0.39, 0.29) is 23.5 Å². The van der Waals surface area contributed by atoms with Crippen molar-refractivity contribution in [2.45, 2.75) is 62.0 Å². The predicted octanol–water partition coefficient (Wildman–Crippen LogP) is -0.689. The van der Waals surface area contributed by atoms with E-state index in [1.165, 1.54) is 39.7 Å². The molecule has 1 aliphatic carbocycles. The van der Waals surface area contributed by atoms with Gasteiger partial charge in [0.1, 0.15) is 30.5 Å².